The smallest absolute Gasteiger partial charge is 0.442 e. The summed E-state index contributed by atoms with van der Waals surface area (Å²) in [4.78, 5) is 42.8. The number of azo groups is 1. The third kappa shape index (κ3) is 6.25. The first kappa shape index (κ1) is 20.1. The Morgan fingerprint density at radius 3 is 1.32 bits per heavy atom. The second kappa shape index (κ2) is 9.47. The monoisotopic (exact) mass is 388 g/mol. The molecule has 0 fully saturated rings. The second-order valence-corrected chi connectivity index (χ2v) is 5.16. The highest BCUT2D eigenvalue weighted by Crippen LogP contribution is 2.14. The van der Waals surface area contributed by atoms with Crippen molar-refractivity contribution < 1.29 is 28.9 Å². The number of amides is 2. The number of rotatable bonds is 6. The SMILES string of the molecule is O=C(N=NC(=O)OCc1ccc([N+](=O)[O-])cc1)OCc1ccc([N+](=O)[O-])cc1. The molecule has 2 rings (SSSR count). The van der Waals surface area contributed by atoms with Crippen LogP contribution in [-0.4, -0.2) is 22.0 Å². The van der Waals surface area contributed by atoms with Crippen molar-refractivity contribution in [3.63, 3.8) is 0 Å². The van der Waals surface area contributed by atoms with Gasteiger partial charge in [-0.15, -0.1) is 0 Å². The Balaban J connectivity index is 1.75. The van der Waals surface area contributed by atoms with E-state index in [1.54, 1.807) is 0 Å². The van der Waals surface area contributed by atoms with Crippen LogP contribution in [0.3, 0.4) is 0 Å². The molecule has 0 radical (unpaired) electrons. The van der Waals surface area contributed by atoms with Crippen molar-refractivity contribution >= 4 is 23.6 Å². The molecule has 0 N–H and O–H groups in total. The highest BCUT2D eigenvalue weighted by Gasteiger charge is 2.08. The van der Waals surface area contributed by atoms with Crippen LogP contribution in [0.2, 0.25) is 0 Å². The molecular formula is C16H12N4O8. The number of benzene rings is 2. The van der Waals surface area contributed by atoms with E-state index in [0.717, 1.165) is 0 Å². The van der Waals surface area contributed by atoms with Crippen LogP contribution < -0.4 is 0 Å². The van der Waals surface area contributed by atoms with Crippen molar-refractivity contribution in [3.8, 4) is 0 Å². The Morgan fingerprint density at radius 2 is 1.04 bits per heavy atom. The van der Waals surface area contributed by atoms with Crippen molar-refractivity contribution in [2.75, 3.05) is 0 Å². The van der Waals surface area contributed by atoms with Crippen LogP contribution in [0, 0.1) is 20.2 Å². The lowest BCUT2D eigenvalue weighted by molar-refractivity contribution is -0.385. The summed E-state index contributed by atoms with van der Waals surface area (Å²) in [5.74, 6) is 0. The molecule has 12 nitrogen and oxygen atoms in total. The zero-order valence-electron chi connectivity index (χ0n) is 14.1. The summed E-state index contributed by atoms with van der Waals surface area (Å²) in [7, 11) is 0. The summed E-state index contributed by atoms with van der Waals surface area (Å²) in [6, 6.07) is 10.6. The van der Waals surface area contributed by atoms with Gasteiger partial charge in [0.15, 0.2) is 0 Å². The van der Waals surface area contributed by atoms with Gasteiger partial charge in [0.05, 0.1) is 9.85 Å². The van der Waals surface area contributed by atoms with Gasteiger partial charge in [0.25, 0.3) is 11.4 Å². The van der Waals surface area contributed by atoms with Crippen LogP contribution in [0.1, 0.15) is 11.1 Å². The predicted molar refractivity (Wildman–Crippen MR) is 91.4 cm³/mol. The summed E-state index contributed by atoms with van der Waals surface area (Å²) in [6.45, 7) is -0.429. The number of hydrogen-bond donors (Lipinski definition) is 0. The molecule has 0 aliphatic carbocycles. The van der Waals surface area contributed by atoms with E-state index in [0.29, 0.717) is 11.1 Å². The molecule has 0 bridgehead atoms. The molecule has 144 valence electrons. The molecule has 0 aliphatic heterocycles. The Kier molecular flexibility index (Phi) is 6.80. The van der Waals surface area contributed by atoms with Crippen molar-refractivity contribution in [3.05, 3.63) is 79.9 Å². The zero-order chi connectivity index (χ0) is 20.5. The van der Waals surface area contributed by atoms with Gasteiger partial charge in [0, 0.05) is 24.3 Å². The third-order valence-corrected chi connectivity index (χ3v) is 3.23. The van der Waals surface area contributed by atoms with Gasteiger partial charge >= 0.3 is 12.2 Å². The molecule has 0 heterocycles. The molecule has 2 aromatic carbocycles. The number of non-ortho nitro benzene ring substituents is 2. The van der Waals surface area contributed by atoms with E-state index in [-0.39, 0.29) is 24.6 Å². The maximum absolute atomic E-state index is 11.4. The standard InChI is InChI=1S/C16H12N4O8/c21-15(27-9-11-1-5-13(6-2-11)19(23)24)17-18-16(22)28-10-12-3-7-14(8-4-12)20(25)26/h1-8H,9-10H2. The summed E-state index contributed by atoms with van der Waals surface area (Å²) in [5, 5.41) is 27.1. The fourth-order valence-corrected chi connectivity index (χ4v) is 1.86. The van der Waals surface area contributed by atoms with E-state index in [4.69, 9.17) is 9.47 Å². The van der Waals surface area contributed by atoms with Gasteiger partial charge in [0.1, 0.15) is 13.2 Å². The van der Waals surface area contributed by atoms with Crippen molar-refractivity contribution in [2.24, 2.45) is 10.2 Å². The lowest BCUT2D eigenvalue weighted by Crippen LogP contribution is -2.02. The maximum atomic E-state index is 11.4. The Bertz CT molecular complexity index is 834. The average Bonchev–Trinajstić information content (AvgIpc) is 2.69. The first-order valence-corrected chi connectivity index (χ1v) is 7.57. The van der Waals surface area contributed by atoms with Gasteiger partial charge < -0.3 is 9.47 Å². The number of nitro groups is 2. The third-order valence-electron chi connectivity index (χ3n) is 3.23. The molecule has 2 aromatic rings. The van der Waals surface area contributed by atoms with Gasteiger partial charge in [-0.3, -0.25) is 20.2 Å². The van der Waals surface area contributed by atoms with Crippen molar-refractivity contribution in [2.45, 2.75) is 13.2 Å². The molecule has 0 saturated carbocycles. The van der Waals surface area contributed by atoms with Crippen LogP contribution in [-0.2, 0) is 22.7 Å². The fraction of sp³-hybridized carbons (Fsp3) is 0.125. The van der Waals surface area contributed by atoms with Gasteiger partial charge in [-0.2, -0.15) is 0 Å². The Morgan fingerprint density at radius 1 is 0.714 bits per heavy atom. The Labute approximate surface area is 156 Å². The molecule has 0 spiro atoms. The molecule has 0 atom stereocenters. The maximum Gasteiger partial charge on any atom is 0.452 e. The molecule has 0 aromatic heterocycles. The van der Waals surface area contributed by atoms with Crippen molar-refractivity contribution in [1.82, 2.24) is 0 Å². The summed E-state index contributed by atoms with van der Waals surface area (Å²) >= 11 is 0. The average molecular weight is 388 g/mol. The Hall–Kier alpha value is -4.22. The highest BCUT2D eigenvalue weighted by molar-refractivity contribution is 5.73. The first-order valence-electron chi connectivity index (χ1n) is 7.57. The summed E-state index contributed by atoms with van der Waals surface area (Å²) in [6.07, 6.45) is -2.30. The molecule has 0 unspecified atom stereocenters. The predicted octanol–water partition coefficient (Wildman–Crippen LogP) is 3.93. The minimum absolute atomic E-state index is 0.106. The fourth-order valence-electron chi connectivity index (χ4n) is 1.86. The number of carbonyl (C=O) groups excluding carboxylic acids is 2. The quantitative estimate of drug-likeness (QED) is 0.408. The second-order valence-electron chi connectivity index (χ2n) is 5.16. The van der Waals surface area contributed by atoms with Crippen LogP contribution in [0.5, 0.6) is 0 Å². The van der Waals surface area contributed by atoms with Crippen LogP contribution in [0.15, 0.2) is 58.8 Å². The van der Waals surface area contributed by atoms with E-state index in [9.17, 15) is 29.8 Å². The van der Waals surface area contributed by atoms with Gasteiger partial charge in [-0.05, 0) is 35.4 Å². The molecular weight excluding hydrogens is 376 g/mol. The van der Waals surface area contributed by atoms with Gasteiger partial charge in [0.2, 0.25) is 0 Å². The van der Waals surface area contributed by atoms with E-state index < -0.39 is 22.0 Å². The topological polar surface area (TPSA) is 164 Å². The van der Waals surface area contributed by atoms with Gasteiger partial charge in [-0.1, -0.05) is 10.2 Å². The van der Waals surface area contributed by atoms with Crippen LogP contribution in [0.25, 0.3) is 0 Å². The molecule has 28 heavy (non-hydrogen) atoms. The molecule has 0 saturated heterocycles. The van der Waals surface area contributed by atoms with Crippen LogP contribution in [0.4, 0.5) is 21.0 Å². The van der Waals surface area contributed by atoms with E-state index in [2.05, 4.69) is 10.2 Å². The number of ether oxygens (including phenoxy) is 2. The van der Waals surface area contributed by atoms with E-state index in [1.807, 2.05) is 0 Å². The number of nitrogens with zero attached hydrogens (tertiary/aromatic N) is 4. The van der Waals surface area contributed by atoms with Crippen LogP contribution >= 0.6 is 0 Å². The number of hydrogen-bond acceptors (Lipinski definition) is 8. The zero-order valence-corrected chi connectivity index (χ0v) is 14.1. The number of carbonyl (C=O) groups is 2. The van der Waals surface area contributed by atoms with E-state index >= 15 is 0 Å². The first-order chi connectivity index (χ1) is 13.3. The lowest BCUT2D eigenvalue weighted by atomic mass is 10.2. The number of nitro benzene ring substituents is 2. The minimum atomic E-state index is -1.15. The normalized spacial score (nSPS) is 10.4. The molecule has 12 heteroatoms. The van der Waals surface area contributed by atoms with Crippen molar-refractivity contribution in [1.29, 1.82) is 0 Å². The van der Waals surface area contributed by atoms with E-state index in [1.165, 1.54) is 48.5 Å². The minimum Gasteiger partial charge on any atom is -0.442 e. The largest absolute Gasteiger partial charge is 0.452 e. The molecule has 0 aliphatic rings. The summed E-state index contributed by atoms with van der Waals surface area (Å²) < 4.78 is 9.47. The van der Waals surface area contributed by atoms with Gasteiger partial charge in [-0.25, -0.2) is 9.59 Å². The summed E-state index contributed by atoms with van der Waals surface area (Å²) in [5.41, 5.74) is 0.751. The highest BCUT2D eigenvalue weighted by atomic mass is 16.6. The molecule has 2 amide bonds. The lowest BCUT2D eigenvalue weighted by Gasteiger charge is -2.02.